The monoisotopic (exact) mass is 295 g/mol. The summed E-state index contributed by atoms with van der Waals surface area (Å²) >= 11 is 14.7. The highest BCUT2D eigenvalue weighted by Gasteiger charge is 2.09. The van der Waals surface area contributed by atoms with Crippen LogP contribution in [0.2, 0.25) is 5.02 Å². The van der Waals surface area contributed by atoms with Crippen molar-refractivity contribution in [3.05, 3.63) is 27.7 Å². The summed E-state index contributed by atoms with van der Waals surface area (Å²) in [4.78, 5) is 11.2. The number of amides is 1. The van der Waals surface area contributed by atoms with Crippen molar-refractivity contribution in [2.75, 3.05) is 5.32 Å². The van der Waals surface area contributed by atoms with Crippen LogP contribution in [-0.4, -0.2) is 11.3 Å². The number of halogens is 3. The average Bonchev–Trinajstić information content (AvgIpc) is 2.11. The molecule has 0 fully saturated rings. The quantitative estimate of drug-likeness (QED) is 0.829. The molecule has 1 atom stereocenters. The second-order valence-corrected chi connectivity index (χ2v) is 4.65. The summed E-state index contributed by atoms with van der Waals surface area (Å²) in [5.41, 5.74) is 0.666. The maximum Gasteiger partial charge on any atom is 0.242 e. The number of rotatable bonds is 2. The minimum atomic E-state index is -0.551. The van der Waals surface area contributed by atoms with Gasteiger partial charge < -0.3 is 5.32 Å². The summed E-state index contributed by atoms with van der Waals surface area (Å²) in [5.74, 6) is -0.235. The molecule has 14 heavy (non-hydrogen) atoms. The van der Waals surface area contributed by atoms with E-state index in [2.05, 4.69) is 21.2 Å². The van der Waals surface area contributed by atoms with Gasteiger partial charge in [-0.1, -0.05) is 11.6 Å². The number of carbonyl (C=O) groups excluding carboxylic acids is 1. The molecule has 1 aromatic rings. The van der Waals surface area contributed by atoms with Crippen molar-refractivity contribution in [1.82, 2.24) is 0 Å². The standard InChI is InChI=1S/C9H8BrCl2NO/c1-5(11)9(14)13-6-2-3-8(12)7(10)4-6/h2-5H,1H3,(H,13,14). The number of hydrogen-bond acceptors (Lipinski definition) is 1. The van der Waals surface area contributed by atoms with Gasteiger partial charge in [0.15, 0.2) is 0 Å². The number of benzene rings is 1. The minimum Gasteiger partial charge on any atom is -0.325 e. The van der Waals surface area contributed by atoms with Crippen molar-refractivity contribution < 1.29 is 4.79 Å². The Morgan fingerprint density at radius 3 is 2.71 bits per heavy atom. The Kier molecular flexibility index (Phi) is 4.23. The van der Waals surface area contributed by atoms with E-state index in [0.29, 0.717) is 10.7 Å². The Morgan fingerprint density at radius 2 is 2.21 bits per heavy atom. The highest BCUT2D eigenvalue weighted by atomic mass is 79.9. The van der Waals surface area contributed by atoms with E-state index < -0.39 is 5.38 Å². The Morgan fingerprint density at radius 1 is 1.57 bits per heavy atom. The Hall–Kier alpha value is -0.250. The first-order valence-corrected chi connectivity index (χ1v) is 5.51. The van der Waals surface area contributed by atoms with Crippen LogP contribution in [0.5, 0.6) is 0 Å². The van der Waals surface area contributed by atoms with Crippen molar-refractivity contribution in [2.45, 2.75) is 12.3 Å². The lowest BCUT2D eigenvalue weighted by Gasteiger charge is -2.07. The van der Waals surface area contributed by atoms with Crippen molar-refractivity contribution in [1.29, 1.82) is 0 Å². The van der Waals surface area contributed by atoms with Crippen LogP contribution in [0.15, 0.2) is 22.7 Å². The molecule has 1 aromatic carbocycles. The lowest BCUT2D eigenvalue weighted by molar-refractivity contribution is -0.115. The van der Waals surface area contributed by atoms with Crippen molar-refractivity contribution in [2.24, 2.45) is 0 Å². The zero-order valence-electron chi connectivity index (χ0n) is 7.35. The normalized spacial score (nSPS) is 12.3. The molecule has 1 rings (SSSR count). The second kappa shape index (κ2) is 5.01. The molecule has 1 N–H and O–H groups in total. The van der Waals surface area contributed by atoms with Gasteiger partial charge in [-0.05, 0) is 41.1 Å². The van der Waals surface area contributed by atoms with Crippen LogP contribution in [-0.2, 0) is 4.79 Å². The number of nitrogens with one attached hydrogen (secondary N) is 1. The highest BCUT2D eigenvalue weighted by molar-refractivity contribution is 9.10. The van der Waals surface area contributed by atoms with Crippen molar-refractivity contribution in [3.8, 4) is 0 Å². The molecule has 0 saturated carbocycles. The van der Waals surface area contributed by atoms with Gasteiger partial charge in [-0.2, -0.15) is 0 Å². The molecule has 0 heterocycles. The topological polar surface area (TPSA) is 29.1 Å². The van der Waals surface area contributed by atoms with E-state index >= 15 is 0 Å². The predicted molar refractivity (Wildman–Crippen MR) is 63.1 cm³/mol. The highest BCUT2D eigenvalue weighted by Crippen LogP contribution is 2.25. The van der Waals surface area contributed by atoms with Gasteiger partial charge in [-0.3, -0.25) is 4.79 Å². The van der Waals surface area contributed by atoms with E-state index in [1.54, 1.807) is 25.1 Å². The van der Waals surface area contributed by atoms with Crippen molar-refractivity contribution in [3.63, 3.8) is 0 Å². The molecule has 1 amide bonds. The molecule has 1 unspecified atom stereocenters. The molecule has 0 saturated heterocycles. The van der Waals surface area contributed by atoms with Gasteiger partial charge in [0.25, 0.3) is 0 Å². The van der Waals surface area contributed by atoms with E-state index in [4.69, 9.17) is 23.2 Å². The predicted octanol–water partition coefficient (Wildman–Crippen LogP) is 3.67. The van der Waals surface area contributed by atoms with E-state index in [0.717, 1.165) is 4.47 Å². The van der Waals surface area contributed by atoms with Gasteiger partial charge in [-0.25, -0.2) is 0 Å². The van der Waals surface area contributed by atoms with Crippen molar-refractivity contribution >= 4 is 50.7 Å². The largest absolute Gasteiger partial charge is 0.325 e. The van der Waals surface area contributed by atoms with Gasteiger partial charge in [0, 0.05) is 10.2 Å². The molecule has 0 bridgehead atoms. The molecule has 0 aliphatic carbocycles. The molecule has 2 nitrogen and oxygen atoms in total. The van der Waals surface area contributed by atoms with Gasteiger partial charge in [0.05, 0.1) is 5.02 Å². The zero-order chi connectivity index (χ0) is 10.7. The summed E-state index contributed by atoms with van der Waals surface area (Å²) in [6, 6.07) is 5.13. The van der Waals surface area contributed by atoms with Gasteiger partial charge >= 0.3 is 0 Å². The van der Waals surface area contributed by atoms with Crippen LogP contribution in [0.25, 0.3) is 0 Å². The maximum atomic E-state index is 11.2. The van der Waals surface area contributed by atoms with E-state index in [-0.39, 0.29) is 5.91 Å². The lowest BCUT2D eigenvalue weighted by Crippen LogP contribution is -2.20. The Labute approximate surface area is 101 Å². The van der Waals surface area contributed by atoms with Gasteiger partial charge in [-0.15, -0.1) is 11.6 Å². The first kappa shape index (κ1) is 11.8. The average molecular weight is 297 g/mol. The van der Waals surface area contributed by atoms with Crippen LogP contribution in [0.1, 0.15) is 6.92 Å². The SMILES string of the molecule is CC(Cl)C(=O)Nc1ccc(Cl)c(Br)c1. The van der Waals surface area contributed by atoms with Gasteiger partial charge in [0.1, 0.15) is 5.38 Å². The smallest absolute Gasteiger partial charge is 0.242 e. The number of alkyl halides is 1. The molecule has 0 aromatic heterocycles. The molecule has 0 aliphatic rings. The van der Waals surface area contributed by atoms with E-state index in [1.807, 2.05) is 0 Å². The Bertz CT molecular complexity index is 355. The first-order chi connectivity index (χ1) is 6.50. The van der Waals surface area contributed by atoms with Gasteiger partial charge in [0.2, 0.25) is 5.91 Å². The molecular weight excluding hydrogens is 289 g/mol. The zero-order valence-corrected chi connectivity index (χ0v) is 10.4. The third-order valence-corrected chi connectivity index (χ3v) is 2.96. The molecule has 0 aliphatic heterocycles. The molecule has 0 radical (unpaired) electrons. The third-order valence-electron chi connectivity index (χ3n) is 1.55. The fourth-order valence-electron chi connectivity index (χ4n) is 0.816. The third kappa shape index (κ3) is 3.15. The number of hydrogen-bond donors (Lipinski definition) is 1. The van der Waals surface area contributed by atoms with Crippen LogP contribution in [0, 0.1) is 0 Å². The van der Waals surface area contributed by atoms with Crippen LogP contribution < -0.4 is 5.32 Å². The first-order valence-electron chi connectivity index (χ1n) is 3.90. The second-order valence-electron chi connectivity index (χ2n) is 2.73. The van der Waals surface area contributed by atoms with E-state index in [1.165, 1.54) is 0 Å². The Balaban J connectivity index is 2.78. The molecule has 76 valence electrons. The van der Waals surface area contributed by atoms with Crippen LogP contribution in [0.3, 0.4) is 0 Å². The number of carbonyl (C=O) groups is 1. The van der Waals surface area contributed by atoms with E-state index in [9.17, 15) is 4.79 Å². The summed E-state index contributed by atoms with van der Waals surface area (Å²) in [7, 11) is 0. The maximum absolute atomic E-state index is 11.2. The summed E-state index contributed by atoms with van der Waals surface area (Å²) in [6.07, 6.45) is 0. The summed E-state index contributed by atoms with van der Waals surface area (Å²) in [6.45, 7) is 1.61. The summed E-state index contributed by atoms with van der Waals surface area (Å²) in [5, 5.41) is 2.70. The molecule has 0 spiro atoms. The molecular formula is C9H8BrCl2NO. The molecule has 5 heteroatoms. The minimum absolute atomic E-state index is 0.235. The fraction of sp³-hybridized carbons (Fsp3) is 0.222. The summed E-state index contributed by atoms with van der Waals surface area (Å²) < 4.78 is 0.735. The fourth-order valence-corrected chi connectivity index (χ4v) is 1.37. The lowest BCUT2D eigenvalue weighted by atomic mass is 10.3. The number of anilines is 1. The van der Waals surface area contributed by atoms with Crippen LogP contribution >= 0.6 is 39.1 Å². The van der Waals surface area contributed by atoms with Crippen LogP contribution in [0.4, 0.5) is 5.69 Å².